The molecule has 0 aliphatic rings. The topological polar surface area (TPSA) is 98.7 Å². The van der Waals surface area contributed by atoms with E-state index in [2.05, 4.69) is 25.6 Å². The fraction of sp³-hybridized carbons (Fsp3) is 0.190. The van der Waals surface area contributed by atoms with Gasteiger partial charge in [-0.3, -0.25) is 14.5 Å². The Hall–Kier alpha value is -4.23. The van der Waals surface area contributed by atoms with Crippen LogP contribution in [0.2, 0.25) is 0 Å². The van der Waals surface area contributed by atoms with Gasteiger partial charge in [0.15, 0.2) is 0 Å². The molecule has 0 saturated carbocycles. The first-order valence-electron chi connectivity index (χ1n) is 9.82. The van der Waals surface area contributed by atoms with E-state index >= 15 is 0 Å². The van der Waals surface area contributed by atoms with Crippen LogP contribution in [0.4, 0.5) is 32.0 Å². The van der Waals surface area contributed by atoms with E-state index in [0.717, 1.165) is 16.9 Å². The molecule has 4 aromatic rings. The van der Waals surface area contributed by atoms with E-state index in [9.17, 15) is 31.1 Å². The zero-order chi connectivity index (χ0) is 25.4. The van der Waals surface area contributed by atoms with Crippen LogP contribution in [0.3, 0.4) is 0 Å². The lowest BCUT2D eigenvalue weighted by Gasteiger charge is -2.20. The van der Waals surface area contributed by atoms with Crippen molar-refractivity contribution in [3.8, 4) is 11.6 Å². The lowest BCUT2D eigenvalue weighted by atomic mass is 9.98. The van der Waals surface area contributed by atoms with Crippen LogP contribution in [0.1, 0.15) is 40.3 Å². The number of nitrogens with one attached hydrogen (secondary N) is 1. The molecule has 0 saturated heterocycles. The lowest BCUT2D eigenvalue weighted by Crippen LogP contribution is -2.17. The highest BCUT2D eigenvalue weighted by atomic mass is 19.4. The molecule has 1 N–H and O–H groups in total. The number of benzene rings is 1. The molecule has 1 aromatic carbocycles. The zero-order valence-corrected chi connectivity index (χ0v) is 17.6. The average Bonchev–Trinajstić information content (AvgIpc) is 3.48. The van der Waals surface area contributed by atoms with Crippen LogP contribution < -0.4 is 5.32 Å². The summed E-state index contributed by atoms with van der Waals surface area (Å²) in [6.45, 7) is 1.33. The van der Waals surface area contributed by atoms with Crippen molar-refractivity contribution in [1.29, 1.82) is 0 Å². The minimum atomic E-state index is -5.03. The van der Waals surface area contributed by atoms with Gasteiger partial charge in [0.1, 0.15) is 5.69 Å². The summed E-state index contributed by atoms with van der Waals surface area (Å²) in [5.74, 6) is -1.20. The summed E-state index contributed by atoms with van der Waals surface area (Å²) in [6, 6.07) is 5.23. The molecule has 8 nitrogen and oxygen atoms in total. The van der Waals surface area contributed by atoms with E-state index in [-0.39, 0.29) is 17.6 Å². The van der Waals surface area contributed by atoms with Crippen molar-refractivity contribution >= 4 is 11.6 Å². The first-order valence-corrected chi connectivity index (χ1v) is 9.82. The van der Waals surface area contributed by atoms with E-state index in [0.29, 0.717) is 11.8 Å². The SMILES string of the molecule is C[C@H](c1ccc(C(F)(F)F)cc1C(F)(F)F)n1cc(NC(=O)c2nnc(-c3ccccn3)o2)cn1. The summed E-state index contributed by atoms with van der Waals surface area (Å²) in [6.07, 6.45) is -6.09. The molecule has 3 aromatic heterocycles. The number of carbonyl (C=O) groups is 1. The normalized spacial score (nSPS) is 13.0. The monoisotopic (exact) mass is 496 g/mol. The minimum absolute atomic E-state index is 0.00190. The van der Waals surface area contributed by atoms with E-state index in [1.54, 1.807) is 18.2 Å². The van der Waals surface area contributed by atoms with E-state index < -0.39 is 46.9 Å². The number of hydrogen-bond donors (Lipinski definition) is 1. The van der Waals surface area contributed by atoms with Crippen LogP contribution in [0.5, 0.6) is 0 Å². The maximum absolute atomic E-state index is 13.5. The molecule has 0 spiro atoms. The molecule has 3 heterocycles. The van der Waals surface area contributed by atoms with Crippen LogP contribution in [0, 0.1) is 0 Å². The molecule has 4 rings (SSSR count). The van der Waals surface area contributed by atoms with Gasteiger partial charge in [-0.25, -0.2) is 0 Å². The minimum Gasteiger partial charge on any atom is -0.411 e. The van der Waals surface area contributed by atoms with Crippen LogP contribution >= 0.6 is 0 Å². The number of hydrogen-bond acceptors (Lipinski definition) is 6. The van der Waals surface area contributed by atoms with E-state index in [1.165, 1.54) is 19.3 Å². The van der Waals surface area contributed by atoms with Gasteiger partial charge in [-0.05, 0) is 36.8 Å². The number of pyridine rings is 1. The molecule has 35 heavy (non-hydrogen) atoms. The molecule has 0 fully saturated rings. The van der Waals surface area contributed by atoms with Crippen molar-refractivity contribution < 1.29 is 35.6 Å². The molecule has 1 amide bonds. The van der Waals surface area contributed by atoms with Crippen LogP contribution in [-0.2, 0) is 12.4 Å². The summed E-state index contributed by atoms with van der Waals surface area (Å²) in [4.78, 5) is 16.4. The van der Waals surface area contributed by atoms with Crippen molar-refractivity contribution in [1.82, 2.24) is 25.0 Å². The zero-order valence-electron chi connectivity index (χ0n) is 17.6. The highest BCUT2D eigenvalue weighted by Crippen LogP contribution is 2.39. The molecular formula is C21H14F6N6O2. The number of halogens is 6. The Labute approximate surface area is 192 Å². The molecule has 0 unspecified atom stereocenters. The Bertz CT molecular complexity index is 1350. The predicted molar refractivity (Wildman–Crippen MR) is 108 cm³/mol. The van der Waals surface area contributed by atoms with Gasteiger partial charge in [-0.1, -0.05) is 12.1 Å². The first-order chi connectivity index (χ1) is 16.4. The van der Waals surface area contributed by atoms with Crippen molar-refractivity contribution in [2.75, 3.05) is 5.32 Å². The van der Waals surface area contributed by atoms with Crippen molar-refractivity contribution in [3.63, 3.8) is 0 Å². The van der Waals surface area contributed by atoms with Gasteiger partial charge in [0, 0.05) is 12.4 Å². The van der Waals surface area contributed by atoms with Crippen LogP contribution in [0.25, 0.3) is 11.6 Å². The van der Waals surface area contributed by atoms with Gasteiger partial charge in [0.2, 0.25) is 0 Å². The Morgan fingerprint density at radius 2 is 1.83 bits per heavy atom. The number of carbonyl (C=O) groups excluding carboxylic acids is 1. The van der Waals surface area contributed by atoms with Crippen molar-refractivity contribution in [3.05, 3.63) is 77.6 Å². The Morgan fingerprint density at radius 1 is 1.06 bits per heavy atom. The fourth-order valence-corrected chi connectivity index (χ4v) is 3.19. The fourth-order valence-electron chi connectivity index (χ4n) is 3.19. The molecule has 1 atom stereocenters. The predicted octanol–water partition coefficient (Wildman–Crippen LogP) is 5.23. The summed E-state index contributed by atoms with van der Waals surface area (Å²) in [7, 11) is 0. The second-order valence-electron chi connectivity index (χ2n) is 7.26. The van der Waals surface area contributed by atoms with Gasteiger partial charge in [0.05, 0.1) is 29.1 Å². The maximum Gasteiger partial charge on any atom is 0.416 e. The summed E-state index contributed by atoms with van der Waals surface area (Å²) < 4.78 is 85.6. The van der Waals surface area contributed by atoms with Gasteiger partial charge < -0.3 is 9.73 Å². The largest absolute Gasteiger partial charge is 0.416 e. The maximum atomic E-state index is 13.5. The first kappa shape index (κ1) is 23.9. The Morgan fingerprint density at radius 3 is 2.49 bits per heavy atom. The number of aromatic nitrogens is 5. The summed E-state index contributed by atoms with van der Waals surface area (Å²) >= 11 is 0. The number of anilines is 1. The van der Waals surface area contributed by atoms with Crippen molar-refractivity contribution in [2.45, 2.75) is 25.3 Å². The van der Waals surface area contributed by atoms with Gasteiger partial charge in [-0.2, -0.15) is 31.4 Å². The molecule has 0 aliphatic carbocycles. The van der Waals surface area contributed by atoms with Crippen LogP contribution in [0.15, 0.2) is 59.4 Å². The molecular weight excluding hydrogens is 482 g/mol. The third-order valence-corrected chi connectivity index (χ3v) is 4.90. The molecule has 0 aliphatic heterocycles. The Kier molecular flexibility index (Phi) is 6.05. The van der Waals surface area contributed by atoms with Crippen molar-refractivity contribution in [2.24, 2.45) is 0 Å². The smallest absolute Gasteiger partial charge is 0.411 e. The third-order valence-electron chi connectivity index (χ3n) is 4.90. The van der Waals surface area contributed by atoms with E-state index in [1.807, 2.05) is 0 Å². The molecule has 14 heteroatoms. The second kappa shape index (κ2) is 8.85. The second-order valence-corrected chi connectivity index (χ2v) is 7.26. The average molecular weight is 496 g/mol. The molecule has 0 radical (unpaired) electrons. The quantitative estimate of drug-likeness (QED) is 0.380. The van der Waals surface area contributed by atoms with Gasteiger partial charge >= 0.3 is 24.2 Å². The lowest BCUT2D eigenvalue weighted by molar-refractivity contribution is -0.143. The number of nitrogens with zero attached hydrogens (tertiary/aromatic N) is 5. The van der Waals surface area contributed by atoms with Crippen LogP contribution in [-0.4, -0.2) is 30.9 Å². The number of amides is 1. The van der Waals surface area contributed by atoms with Gasteiger partial charge in [0.25, 0.3) is 5.89 Å². The molecule has 182 valence electrons. The highest BCUT2D eigenvalue weighted by Gasteiger charge is 2.39. The summed E-state index contributed by atoms with van der Waals surface area (Å²) in [5.41, 5.74) is -2.85. The number of alkyl halides is 6. The van der Waals surface area contributed by atoms with Gasteiger partial charge in [-0.15, -0.1) is 10.2 Å². The standard InChI is InChI=1S/C21H14F6N6O2/c1-11(14-6-5-12(20(22,23)24)8-15(14)21(25,26)27)33-10-13(9-29-33)30-17(34)19-32-31-18(35-19)16-4-2-3-7-28-16/h2-11H,1H3,(H,30,34)/t11-/m1/s1. The third kappa shape index (κ3) is 5.15. The van der Waals surface area contributed by atoms with E-state index in [4.69, 9.17) is 4.42 Å². The number of rotatable bonds is 5. The highest BCUT2D eigenvalue weighted by molar-refractivity contribution is 6.00. The summed E-state index contributed by atoms with van der Waals surface area (Å²) in [5, 5.41) is 13.7. The molecule has 0 bridgehead atoms. The Balaban J connectivity index is 1.54.